The van der Waals surface area contributed by atoms with Crippen molar-refractivity contribution in [3.8, 4) is 5.75 Å². The maximum atomic E-state index is 6.30. The number of benzene rings is 1. The highest BCUT2D eigenvalue weighted by molar-refractivity contribution is 7.12. The molecular formula is C14H16ClNOS. The first-order valence-corrected chi connectivity index (χ1v) is 7.02. The number of hydrogen-bond acceptors (Lipinski definition) is 3. The minimum Gasteiger partial charge on any atom is -0.496 e. The Bertz CT molecular complexity index is 538. The van der Waals surface area contributed by atoms with Gasteiger partial charge in [0.1, 0.15) is 5.75 Å². The molecule has 0 aliphatic rings. The van der Waals surface area contributed by atoms with Gasteiger partial charge in [-0.3, -0.25) is 0 Å². The zero-order valence-electron chi connectivity index (χ0n) is 10.4. The molecule has 2 nitrogen and oxygen atoms in total. The molecular weight excluding hydrogens is 266 g/mol. The number of rotatable bonds is 4. The molecule has 1 aromatic carbocycles. The highest BCUT2D eigenvalue weighted by Gasteiger charge is 2.16. The van der Waals surface area contributed by atoms with Gasteiger partial charge in [0, 0.05) is 20.3 Å². The van der Waals surface area contributed by atoms with Crippen LogP contribution in [0, 0.1) is 0 Å². The summed E-state index contributed by atoms with van der Waals surface area (Å²) in [5.74, 6) is 0.737. The lowest BCUT2D eigenvalue weighted by molar-refractivity contribution is 0.408. The summed E-state index contributed by atoms with van der Waals surface area (Å²) >= 11 is 7.70. The minimum atomic E-state index is -0.164. The van der Waals surface area contributed by atoms with E-state index in [1.807, 2.05) is 12.1 Å². The van der Waals surface area contributed by atoms with E-state index in [1.165, 1.54) is 4.88 Å². The molecule has 4 heteroatoms. The van der Waals surface area contributed by atoms with Gasteiger partial charge < -0.3 is 10.5 Å². The molecule has 0 bridgehead atoms. The van der Waals surface area contributed by atoms with Crippen LogP contribution in [0.15, 0.2) is 30.3 Å². The van der Waals surface area contributed by atoms with Crippen molar-refractivity contribution in [2.45, 2.75) is 19.4 Å². The van der Waals surface area contributed by atoms with E-state index in [4.69, 9.17) is 22.1 Å². The molecule has 0 amide bonds. The molecule has 18 heavy (non-hydrogen) atoms. The second-order valence-electron chi connectivity index (χ2n) is 4.02. The predicted molar refractivity (Wildman–Crippen MR) is 77.7 cm³/mol. The van der Waals surface area contributed by atoms with Crippen molar-refractivity contribution >= 4 is 22.9 Å². The van der Waals surface area contributed by atoms with Crippen molar-refractivity contribution < 1.29 is 4.74 Å². The summed E-state index contributed by atoms with van der Waals surface area (Å²) in [5.41, 5.74) is 7.26. The number of aryl methyl sites for hydroxylation is 1. The number of hydrogen-bond donors (Lipinski definition) is 1. The molecule has 1 atom stereocenters. The van der Waals surface area contributed by atoms with E-state index in [-0.39, 0.29) is 6.04 Å². The fourth-order valence-corrected chi connectivity index (χ4v) is 2.98. The molecule has 0 radical (unpaired) electrons. The molecule has 0 saturated heterocycles. The maximum Gasteiger partial charge on any atom is 0.125 e. The summed E-state index contributed by atoms with van der Waals surface area (Å²) in [6.45, 7) is 2.14. The maximum absolute atomic E-state index is 6.30. The third kappa shape index (κ3) is 2.69. The fraction of sp³-hybridized carbons (Fsp3) is 0.286. The molecule has 0 spiro atoms. The van der Waals surface area contributed by atoms with Gasteiger partial charge in [-0.25, -0.2) is 0 Å². The van der Waals surface area contributed by atoms with Crippen molar-refractivity contribution in [3.05, 3.63) is 50.7 Å². The molecule has 0 aliphatic carbocycles. The Kier molecular flexibility index (Phi) is 4.27. The van der Waals surface area contributed by atoms with Gasteiger partial charge in [0.25, 0.3) is 0 Å². The fourth-order valence-electron chi connectivity index (χ4n) is 1.85. The van der Waals surface area contributed by atoms with Crippen LogP contribution in [0.25, 0.3) is 0 Å². The van der Waals surface area contributed by atoms with Crippen molar-refractivity contribution in [1.82, 2.24) is 0 Å². The number of nitrogens with two attached hydrogens (primary N) is 1. The number of methoxy groups -OCH3 is 1. The van der Waals surface area contributed by atoms with Gasteiger partial charge in [-0.05, 0) is 30.7 Å². The summed E-state index contributed by atoms with van der Waals surface area (Å²) in [7, 11) is 1.63. The van der Waals surface area contributed by atoms with E-state index >= 15 is 0 Å². The minimum absolute atomic E-state index is 0.164. The molecule has 2 N–H and O–H groups in total. The first-order valence-electron chi connectivity index (χ1n) is 5.83. The highest BCUT2D eigenvalue weighted by Crippen LogP contribution is 2.33. The SMILES string of the molecule is CCc1ccc(C(N)c2ccc(Cl)cc2OC)s1. The van der Waals surface area contributed by atoms with Crippen LogP contribution in [0.5, 0.6) is 5.75 Å². The normalized spacial score (nSPS) is 12.4. The lowest BCUT2D eigenvalue weighted by atomic mass is 10.1. The zero-order valence-corrected chi connectivity index (χ0v) is 12.0. The molecule has 0 saturated carbocycles. The van der Waals surface area contributed by atoms with Gasteiger partial charge in [0.2, 0.25) is 0 Å². The van der Waals surface area contributed by atoms with E-state index in [2.05, 4.69) is 19.1 Å². The summed E-state index contributed by atoms with van der Waals surface area (Å²) in [6, 6.07) is 9.61. The summed E-state index contributed by atoms with van der Waals surface area (Å²) < 4.78 is 5.34. The van der Waals surface area contributed by atoms with Crippen LogP contribution in [0.2, 0.25) is 5.02 Å². The third-order valence-corrected chi connectivity index (χ3v) is 4.42. The molecule has 2 rings (SSSR count). The Labute approximate surface area is 116 Å². The van der Waals surface area contributed by atoms with E-state index in [0.717, 1.165) is 22.6 Å². The first-order chi connectivity index (χ1) is 8.65. The predicted octanol–water partition coefficient (Wildman–Crippen LogP) is 4.02. The van der Waals surface area contributed by atoms with Crippen molar-refractivity contribution in [2.24, 2.45) is 5.73 Å². The lowest BCUT2D eigenvalue weighted by Gasteiger charge is -2.14. The third-order valence-electron chi connectivity index (χ3n) is 2.87. The van der Waals surface area contributed by atoms with Crippen LogP contribution in [0.1, 0.15) is 28.3 Å². The number of ether oxygens (including phenoxy) is 1. The van der Waals surface area contributed by atoms with Crippen molar-refractivity contribution in [3.63, 3.8) is 0 Å². The molecule has 1 aromatic heterocycles. The van der Waals surface area contributed by atoms with Gasteiger partial charge in [-0.1, -0.05) is 24.6 Å². The highest BCUT2D eigenvalue weighted by atomic mass is 35.5. The topological polar surface area (TPSA) is 35.2 Å². The first kappa shape index (κ1) is 13.4. The second kappa shape index (κ2) is 5.74. The Morgan fingerprint density at radius 1 is 1.33 bits per heavy atom. The monoisotopic (exact) mass is 281 g/mol. The number of thiophene rings is 1. The van der Waals surface area contributed by atoms with Crippen LogP contribution in [-0.2, 0) is 6.42 Å². The zero-order chi connectivity index (χ0) is 13.1. The molecule has 0 fully saturated rings. The van der Waals surface area contributed by atoms with E-state index < -0.39 is 0 Å². The van der Waals surface area contributed by atoms with Crippen molar-refractivity contribution in [1.29, 1.82) is 0 Å². The summed E-state index contributed by atoms with van der Waals surface area (Å²) in [6.07, 6.45) is 1.04. The van der Waals surface area contributed by atoms with Crippen LogP contribution in [-0.4, -0.2) is 7.11 Å². The van der Waals surface area contributed by atoms with Crippen LogP contribution in [0.3, 0.4) is 0 Å². The van der Waals surface area contributed by atoms with Gasteiger partial charge >= 0.3 is 0 Å². The molecule has 2 aromatic rings. The smallest absolute Gasteiger partial charge is 0.125 e. The second-order valence-corrected chi connectivity index (χ2v) is 5.66. The van der Waals surface area contributed by atoms with Crippen molar-refractivity contribution in [2.75, 3.05) is 7.11 Å². The Balaban J connectivity index is 2.35. The van der Waals surface area contributed by atoms with Gasteiger partial charge in [0.05, 0.1) is 13.2 Å². The Morgan fingerprint density at radius 3 is 2.72 bits per heavy atom. The largest absolute Gasteiger partial charge is 0.496 e. The van der Waals surface area contributed by atoms with E-state index in [1.54, 1.807) is 24.5 Å². The molecule has 0 aliphatic heterocycles. The van der Waals surface area contributed by atoms with Gasteiger partial charge in [-0.15, -0.1) is 11.3 Å². The van der Waals surface area contributed by atoms with Gasteiger partial charge in [-0.2, -0.15) is 0 Å². The quantitative estimate of drug-likeness (QED) is 0.919. The van der Waals surface area contributed by atoms with Crippen LogP contribution in [0.4, 0.5) is 0 Å². The van der Waals surface area contributed by atoms with E-state index in [9.17, 15) is 0 Å². The molecule has 96 valence electrons. The molecule has 1 heterocycles. The Hall–Kier alpha value is -1.03. The van der Waals surface area contributed by atoms with Crippen LogP contribution < -0.4 is 10.5 Å². The van der Waals surface area contributed by atoms with E-state index in [0.29, 0.717) is 5.02 Å². The van der Waals surface area contributed by atoms with Crippen LogP contribution >= 0.6 is 22.9 Å². The molecule has 1 unspecified atom stereocenters. The summed E-state index contributed by atoms with van der Waals surface area (Å²) in [4.78, 5) is 2.49. The van der Waals surface area contributed by atoms with Gasteiger partial charge in [0.15, 0.2) is 0 Å². The Morgan fingerprint density at radius 2 is 2.11 bits per heavy atom. The average molecular weight is 282 g/mol. The average Bonchev–Trinajstić information content (AvgIpc) is 2.86. The summed E-state index contributed by atoms with van der Waals surface area (Å²) in [5, 5.41) is 0.656. The number of halogens is 1. The standard InChI is InChI=1S/C14H16ClNOS/c1-3-10-5-7-13(18-10)14(16)11-6-4-9(15)8-12(11)17-2/h4-8,14H,3,16H2,1-2H3. The lowest BCUT2D eigenvalue weighted by Crippen LogP contribution is -2.11.